The van der Waals surface area contributed by atoms with Gasteiger partial charge >= 0.3 is 47.0 Å². The van der Waals surface area contributed by atoms with Gasteiger partial charge in [0.2, 0.25) is 0 Å². The zero-order valence-corrected chi connectivity index (χ0v) is 13.2. The Labute approximate surface area is 151 Å². The number of nitrogens with two attached hydrogens (primary N) is 1. The van der Waals surface area contributed by atoms with Gasteiger partial charge in [0.1, 0.15) is 0 Å². The molecule has 2 nitrogen and oxygen atoms in total. The summed E-state index contributed by atoms with van der Waals surface area (Å²) in [4.78, 5) is 0. The van der Waals surface area contributed by atoms with E-state index in [0.717, 1.165) is 0 Å². The van der Waals surface area contributed by atoms with Crippen LogP contribution in [0.5, 0.6) is 0 Å². The number of rotatable bonds is 7. The minimum Gasteiger partial charge on any atom is -0.379 e. The third kappa shape index (κ3) is 3.64. The second kappa shape index (κ2) is 6.82. The number of halogens is 17. The number of thioether (sulfide) groups is 1. The van der Waals surface area contributed by atoms with E-state index in [-0.39, 0.29) is 0 Å². The molecule has 0 aromatic rings. The minimum atomic E-state index is -8.66. The lowest BCUT2D eigenvalue weighted by atomic mass is 9.91. The van der Waals surface area contributed by atoms with Gasteiger partial charge in [-0.1, -0.05) is 0 Å². The Kier molecular flexibility index (Phi) is 6.50. The average Bonchev–Trinajstić information content (AvgIpc) is 2.43. The largest absolute Gasteiger partial charge is 0.460 e. The van der Waals surface area contributed by atoms with Crippen LogP contribution in [0.1, 0.15) is 0 Å². The number of amidine groups is 1. The summed E-state index contributed by atoms with van der Waals surface area (Å²) < 4.78 is 217. The summed E-state index contributed by atoms with van der Waals surface area (Å²) >= 11 is -2.16. The van der Waals surface area contributed by atoms with Gasteiger partial charge in [-0.25, -0.2) is 0 Å². The summed E-state index contributed by atoms with van der Waals surface area (Å²) in [5, 5.41) is -2.77. The Morgan fingerprint density at radius 1 is 0.483 bits per heavy atom. The van der Waals surface area contributed by atoms with Gasteiger partial charge in [0, 0.05) is 0 Å². The van der Waals surface area contributed by atoms with Crippen molar-refractivity contribution >= 4 is 16.9 Å². The SMILES string of the molecule is N=C(N)SC(F)(F)C(F)(F)C(F)(F)C(F)(F)C(F)(F)C(F)(F)C(F)(F)C(F)(F)F. The fourth-order valence-electron chi connectivity index (χ4n) is 1.35. The number of hydrogen-bond acceptors (Lipinski definition) is 2. The van der Waals surface area contributed by atoms with Crippen molar-refractivity contribution in [2.45, 2.75) is 47.0 Å². The van der Waals surface area contributed by atoms with E-state index in [2.05, 4.69) is 5.73 Å². The first-order valence-corrected chi connectivity index (χ1v) is 6.73. The Morgan fingerprint density at radius 2 is 0.724 bits per heavy atom. The van der Waals surface area contributed by atoms with Gasteiger partial charge in [-0.15, -0.1) is 0 Å². The maximum Gasteiger partial charge on any atom is 0.460 e. The highest BCUT2D eigenvalue weighted by atomic mass is 32.2. The van der Waals surface area contributed by atoms with Crippen LogP contribution in [0.4, 0.5) is 74.6 Å². The molecule has 0 saturated carbocycles. The fraction of sp³-hybridized carbons (Fsp3) is 0.889. The van der Waals surface area contributed by atoms with Crippen molar-refractivity contribution in [2.24, 2.45) is 5.73 Å². The van der Waals surface area contributed by atoms with Crippen LogP contribution < -0.4 is 5.73 Å². The average molecular weight is 494 g/mol. The van der Waals surface area contributed by atoms with Gasteiger partial charge in [0.15, 0.2) is 5.17 Å². The van der Waals surface area contributed by atoms with Crippen LogP contribution >= 0.6 is 11.8 Å². The molecule has 0 saturated heterocycles. The van der Waals surface area contributed by atoms with Crippen LogP contribution in [0.2, 0.25) is 0 Å². The monoisotopic (exact) mass is 494 g/mol. The first-order valence-electron chi connectivity index (χ1n) is 5.91. The molecule has 0 bridgehead atoms. The molecule has 3 N–H and O–H groups in total. The summed E-state index contributed by atoms with van der Waals surface area (Å²) in [6, 6.07) is 0. The highest BCUT2D eigenvalue weighted by molar-refractivity contribution is 8.14. The van der Waals surface area contributed by atoms with Gasteiger partial charge in [0.25, 0.3) is 0 Å². The van der Waals surface area contributed by atoms with Gasteiger partial charge < -0.3 is 5.73 Å². The molecule has 0 radical (unpaired) electrons. The fourth-order valence-corrected chi connectivity index (χ4v) is 1.88. The molecule has 0 amide bonds. The van der Waals surface area contributed by atoms with Crippen molar-refractivity contribution in [3.63, 3.8) is 0 Å². The molecule has 0 unspecified atom stereocenters. The van der Waals surface area contributed by atoms with E-state index in [1.54, 1.807) is 0 Å². The molecule has 0 aromatic heterocycles. The zero-order valence-electron chi connectivity index (χ0n) is 12.4. The summed E-state index contributed by atoms with van der Waals surface area (Å²) in [5.74, 6) is -50.2. The molecular weight excluding hydrogens is 491 g/mol. The first-order chi connectivity index (χ1) is 12.2. The van der Waals surface area contributed by atoms with Crippen LogP contribution in [0.3, 0.4) is 0 Å². The number of alkyl halides is 17. The Balaban J connectivity index is 6.69. The third-order valence-corrected chi connectivity index (χ3v) is 3.66. The highest BCUT2D eigenvalue weighted by Gasteiger charge is 2.95. The lowest BCUT2D eigenvalue weighted by Gasteiger charge is -2.42. The smallest absolute Gasteiger partial charge is 0.379 e. The van der Waals surface area contributed by atoms with E-state index in [1.165, 1.54) is 0 Å². The maximum atomic E-state index is 13.2. The third-order valence-electron chi connectivity index (χ3n) is 2.93. The van der Waals surface area contributed by atoms with E-state index >= 15 is 0 Å². The zero-order chi connectivity index (χ0) is 24.3. The van der Waals surface area contributed by atoms with E-state index in [9.17, 15) is 74.6 Å². The van der Waals surface area contributed by atoms with E-state index in [4.69, 9.17) is 5.41 Å². The van der Waals surface area contributed by atoms with Crippen LogP contribution in [-0.4, -0.2) is 52.1 Å². The van der Waals surface area contributed by atoms with Gasteiger partial charge in [0.05, 0.1) is 0 Å². The normalized spacial score (nSPS) is 16.2. The molecule has 0 aromatic carbocycles. The van der Waals surface area contributed by atoms with E-state index in [1.807, 2.05) is 0 Å². The minimum absolute atomic E-state index is 2.16. The molecule has 0 heterocycles. The van der Waals surface area contributed by atoms with Crippen molar-refractivity contribution in [3.8, 4) is 0 Å². The van der Waals surface area contributed by atoms with E-state index in [0.29, 0.717) is 0 Å². The molecule has 174 valence electrons. The van der Waals surface area contributed by atoms with Crippen LogP contribution in [0, 0.1) is 5.41 Å². The predicted octanol–water partition coefficient (Wildman–Crippen LogP) is 5.58. The number of hydrogen-bond donors (Lipinski definition) is 2. The molecular formula is C9H3F17N2S. The van der Waals surface area contributed by atoms with Gasteiger partial charge in [-0.2, -0.15) is 74.6 Å². The molecule has 0 spiro atoms. The molecule has 0 rings (SSSR count). The van der Waals surface area contributed by atoms with E-state index < -0.39 is 63.9 Å². The van der Waals surface area contributed by atoms with Crippen LogP contribution in [0.15, 0.2) is 0 Å². The molecule has 0 aliphatic heterocycles. The highest BCUT2D eigenvalue weighted by Crippen LogP contribution is 2.64. The summed E-state index contributed by atoms with van der Waals surface area (Å²) in [6.07, 6.45) is -7.79. The maximum absolute atomic E-state index is 13.2. The quantitative estimate of drug-likeness (QED) is 0.276. The summed E-state index contributed by atoms with van der Waals surface area (Å²) in [5.41, 5.74) is 4.10. The van der Waals surface area contributed by atoms with Crippen molar-refractivity contribution in [2.75, 3.05) is 0 Å². The lowest BCUT2D eigenvalue weighted by Crippen LogP contribution is -2.74. The predicted molar refractivity (Wildman–Crippen MR) is 60.2 cm³/mol. The standard InChI is InChI=1S/C9H3F17N2S/c10-2(11,4(14,15)6(18,19)8(22,23)24)3(12,13)5(16,17)7(20,21)9(25,26)29-1(27)28/h(H3,27,28). The molecule has 0 atom stereocenters. The molecule has 0 fully saturated rings. The van der Waals surface area contributed by atoms with Crippen LogP contribution in [-0.2, 0) is 0 Å². The van der Waals surface area contributed by atoms with Crippen molar-refractivity contribution in [1.82, 2.24) is 0 Å². The first kappa shape index (κ1) is 27.6. The lowest BCUT2D eigenvalue weighted by molar-refractivity contribution is -0.458. The topological polar surface area (TPSA) is 49.9 Å². The molecule has 0 aliphatic carbocycles. The second-order valence-corrected chi connectivity index (χ2v) is 6.08. The van der Waals surface area contributed by atoms with Crippen molar-refractivity contribution in [1.29, 1.82) is 5.41 Å². The Bertz CT molecular complexity index is 635. The molecule has 29 heavy (non-hydrogen) atoms. The van der Waals surface area contributed by atoms with Crippen molar-refractivity contribution in [3.05, 3.63) is 0 Å². The van der Waals surface area contributed by atoms with Crippen LogP contribution in [0.25, 0.3) is 0 Å². The van der Waals surface area contributed by atoms with Crippen molar-refractivity contribution < 1.29 is 74.6 Å². The summed E-state index contributed by atoms with van der Waals surface area (Å²) in [7, 11) is 0. The Morgan fingerprint density at radius 3 is 0.966 bits per heavy atom. The Hall–Kier alpha value is -1.37. The summed E-state index contributed by atoms with van der Waals surface area (Å²) in [6.45, 7) is 0. The molecule has 20 heteroatoms. The van der Waals surface area contributed by atoms with Gasteiger partial charge in [-0.3, -0.25) is 5.41 Å². The second-order valence-electron chi connectivity index (χ2n) is 4.93. The van der Waals surface area contributed by atoms with Gasteiger partial charge in [-0.05, 0) is 11.8 Å². The molecule has 0 aliphatic rings. The number of nitrogens with one attached hydrogen (secondary N) is 1.